The van der Waals surface area contributed by atoms with E-state index in [1.165, 1.54) is 0 Å². The van der Waals surface area contributed by atoms with E-state index in [9.17, 15) is 24.3 Å². The summed E-state index contributed by atoms with van der Waals surface area (Å²) < 4.78 is 0. The number of nitrogens with two attached hydrogens (primary N) is 1. The van der Waals surface area contributed by atoms with Gasteiger partial charge in [0.1, 0.15) is 12.1 Å². The largest absolute Gasteiger partial charge is 0.391 e. The molecular formula is C29H47N5O5. The number of aliphatic hydroxyl groups is 1. The topological polar surface area (TPSA) is 163 Å². The summed E-state index contributed by atoms with van der Waals surface area (Å²) in [4.78, 5) is 50.9. The van der Waals surface area contributed by atoms with Crippen molar-refractivity contribution >= 4 is 23.6 Å². The number of hydrogen-bond donors (Lipinski definition) is 6. The summed E-state index contributed by atoms with van der Waals surface area (Å²) in [6.45, 7) is 7.36. The van der Waals surface area contributed by atoms with Gasteiger partial charge in [-0.2, -0.15) is 0 Å². The molecule has 2 rings (SSSR count). The summed E-state index contributed by atoms with van der Waals surface area (Å²) in [5.74, 6) is -2.12. The van der Waals surface area contributed by atoms with Gasteiger partial charge < -0.3 is 32.1 Å². The second-order valence-corrected chi connectivity index (χ2v) is 11.1. The molecular weight excluding hydrogens is 498 g/mol. The molecule has 10 nitrogen and oxygen atoms in total. The van der Waals surface area contributed by atoms with E-state index < -0.39 is 42.1 Å². The smallest absolute Gasteiger partial charge is 0.243 e. The van der Waals surface area contributed by atoms with Gasteiger partial charge in [-0.15, -0.1) is 0 Å². The normalized spacial score (nSPS) is 23.6. The van der Waals surface area contributed by atoms with Crippen LogP contribution in [0.5, 0.6) is 0 Å². The fourth-order valence-electron chi connectivity index (χ4n) is 4.63. The number of hydrogen-bond acceptors (Lipinski definition) is 6. The highest BCUT2D eigenvalue weighted by molar-refractivity contribution is 5.90. The van der Waals surface area contributed by atoms with Crippen molar-refractivity contribution < 1.29 is 24.3 Å². The van der Waals surface area contributed by atoms with Crippen LogP contribution in [0.2, 0.25) is 0 Å². The second kappa shape index (κ2) is 16.2. The van der Waals surface area contributed by atoms with E-state index >= 15 is 0 Å². The molecule has 1 aromatic carbocycles. The summed E-state index contributed by atoms with van der Waals surface area (Å²) in [6, 6.07) is 6.78. The third kappa shape index (κ3) is 11.0. The third-order valence-electron chi connectivity index (χ3n) is 7.26. The number of nitrogens with one attached hydrogen (secondary N) is 4. The van der Waals surface area contributed by atoms with E-state index in [2.05, 4.69) is 21.3 Å². The zero-order valence-electron chi connectivity index (χ0n) is 23.7. The zero-order valence-corrected chi connectivity index (χ0v) is 23.7. The number of aliphatic hydroxyl groups excluding tert-OH is 1. The van der Waals surface area contributed by atoms with E-state index in [1.807, 2.05) is 44.2 Å². The predicted molar refractivity (Wildman–Crippen MR) is 150 cm³/mol. The van der Waals surface area contributed by atoms with Crippen LogP contribution >= 0.6 is 0 Å². The molecule has 1 aliphatic rings. The van der Waals surface area contributed by atoms with Gasteiger partial charge in [0.2, 0.25) is 23.6 Å². The van der Waals surface area contributed by atoms with Gasteiger partial charge in [-0.05, 0) is 37.7 Å². The molecule has 0 aliphatic carbocycles. The van der Waals surface area contributed by atoms with Crippen molar-refractivity contribution in [2.24, 2.45) is 17.6 Å². The van der Waals surface area contributed by atoms with Crippen molar-refractivity contribution in [2.75, 3.05) is 0 Å². The maximum Gasteiger partial charge on any atom is 0.243 e. The summed E-state index contributed by atoms with van der Waals surface area (Å²) in [6.07, 6.45) is 3.61. The fraction of sp³-hybridized carbons (Fsp3) is 0.655. The monoisotopic (exact) mass is 545 g/mol. The Morgan fingerprint density at radius 3 is 2.26 bits per heavy atom. The van der Waals surface area contributed by atoms with Crippen LogP contribution < -0.4 is 27.0 Å². The van der Waals surface area contributed by atoms with Crippen LogP contribution in [0.1, 0.15) is 78.2 Å². The molecule has 0 bridgehead atoms. The average molecular weight is 546 g/mol. The molecule has 10 heteroatoms. The van der Waals surface area contributed by atoms with Gasteiger partial charge in [0.25, 0.3) is 0 Å². The first-order chi connectivity index (χ1) is 18.5. The Morgan fingerprint density at radius 2 is 1.62 bits per heavy atom. The van der Waals surface area contributed by atoms with E-state index in [4.69, 9.17) is 5.73 Å². The Kier molecular flexibility index (Phi) is 13.4. The molecule has 0 radical (unpaired) electrons. The van der Waals surface area contributed by atoms with Crippen molar-refractivity contribution in [3.05, 3.63) is 35.9 Å². The highest BCUT2D eigenvalue weighted by Gasteiger charge is 2.30. The lowest BCUT2D eigenvalue weighted by atomic mass is 9.93. The molecule has 4 amide bonds. The second-order valence-electron chi connectivity index (χ2n) is 11.1. The van der Waals surface area contributed by atoms with Crippen LogP contribution in [0.4, 0.5) is 0 Å². The molecule has 218 valence electrons. The number of benzene rings is 1. The summed E-state index contributed by atoms with van der Waals surface area (Å²) in [5, 5.41) is 22.2. The van der Waals surface area contributed by atoms with Gasteiger partial charge in [-0.3, -0.25) is 19.2 Å². The van der Waals surface area contributed by atoms with Crippen LogP contribution in [-0.4, -0.2) is 59.0 Å². The molecule has 0 unspecified atom stereocenters. The highest BCUT2D eigenvalue weighted by Crippen LogP contribution is 2.17. The van der Waals surface area contributed by atoms with Crippen LogP contribution in [0.25, 0.3) is 0 Å². The maximum absolute atomic E-state index is 13.0. The minimum absolute atomic E-state index is 0.110. The quantitative estimate of drug-likeness (QED) is 0.275. The van der Waals surface area contributed by atoms with Gasteiger partial charge in [0, 0.05) is 12.5 Å². The lowest BCUT2D eigenvalue weighted by molar-refractivity contribution is -0.132. The SMILES string of the molecule is CC(C)[C@H](NC(=O)[C@H](C)C[C@H](O)[C@@H]1CCCCCC[C@H](N)C(=O)N[C@@H](C)C(=O)N1)C(=O)NCc1ccccc1. The van der Waals surface area contributed by atoms with Gasteiger partial charge in [0.15, 0.2) is 0 Å². The van der Waals surface area contributed by atoms with Gasteiger partial charge >= 0.3 is 0 Å². The molecule has 1 fully saturated rings. The van der Waals surface area contributed by atoms with Crippen molar-refractivity contribution in [1.82, 2.24) is 21.3 Å². The lowest BCUT2D eigenvalue weighted by Crippen LogP contribution is -2.54. The molecule has 1 aliphatic heterocycles. The van der Waals surface area contributed by atoms with Crippen molar-refractivity contribution in [2.45, 2.75) is 109 Å². The summed E-state index contributed by atoms with van der Waals surface area (Å²) >= 11 is 0. The Labute approximate surface area is 232 Å². The molecule has 1 saturated heterocycles. The van der Waals surface area contributed by atoms with Crippen molar-refractivity contribution in [3.63, 3.8) is 0 Å². The average Bonchev–Trinajstić information content (AvgIpc) is 2.91. The Morgan fingerprint density at radius 1 is 0.974 bits per heavy atom. The first-order valence-corrected chi connectivity index (χ1v) is 14.2. The molecule has 0 saturated carbocycles. The van der Waals surface area contributed by atoms with Crippen LogP contribution in [-0.2, 0) is 25.7 Å². The van der Waals surface area contributed by atoms with Crippen LogP contribution in [0, 0.1) is 11.8 Å². The molecule has 0 spiro atoms. The van der Waals surface area contributed by atoms with Crippen molar-refractivity contribution in [1.29, 1.82) is 0 Å². The van der Waals surface area contributed by atoms with Crippen molar-refractivity contribution in [3.8, 4) is 0 Å². The predicted octanol–water partition coefficient (Wildman–Crippen LogP) is 1.50. The number of carbonyl (C=O) groups excluding carboxylic acids is 4. The van der Waals surface area contributed by atoms with E-state index in [0.717, 1.165) is 31.2 Å². The highest BCUT2D eigenvalue weighted by atomic mass is 16.3. The first kappa shape index (κ1) is 32.2. The lowest BCUT2D eigenvalue weighted by Gasteiger charge is -2.28. The van der Waals surface area contributed by atoms with Gasteiger partial charge in [-0.25, -0.2) is 0 Å². The Hall–Kier alpha value is -2.98. The molecule has 1 heterocycles. The summed E-state index contributed by atoms with van der Waals surface area (Å²) in [5.41, 5.74) is 6.89. The van der Waals surface area contributed by atoms with Crippen LogP contribution in [0.3, 0.4) is 0 Å². The number of rotatable bonds is 9. The van der Waals surface area contributed by atoms with Gasteiger partial charge in [-0.1, -0.05) is 76.8 Å². The standard InChI is InChI=1S/C29H47N5O5/c1-18(2)25(29(39)31-17-21-12-8-7-9-13-21)34-26(36)19(3)16-24(35)23-15-11-6-5-10-14-22(30)28(38)32-20(4)27(37)33-23/h7-9,12-13,18-20,22-25,35H,5-6,10-11,14-17,30H2,1-4H3,(H,31,39)(H,32,38)(H,33,37)(H,34,36)/t19-,20+,22+,23+,24+,25+/m1/s1. The van der Waals surface area contributed by atoms with E-state index in [1.54, 1.807) is 13.8 Å². The Bertz CT molecular complexity index is 941. The number of amides is 4. The summed E-state index contributed by atoms with van der Waals surface area (Å²) in [7, 11) is 0. The minimum Gasteiger partial charge on any atom is -0.391 e. The number of carbonyl (C=O) groups is 4. The molecule has 39 heavy (non-hydrogen) atoms. The molecule has 1 aromatic rings. The van der Waals surface area contributed by atoms with Gasteiger partial charge in [0.05, 0.1) is 18.2 Å². The Balaban J connectivity index is 1.98. The fourth-order valence-corrected chi connectivity index (χ4v) is 4.63. The maximum atomic E-state index is 13.0. The molecule has 0 aromatic heterocycles. The van der Waals surface area contributed by atoms with Crippen LogP contribution in [0.15, 0.2) is 30.3 Å². The molecule has 7 N–H and O–H groups in total. The zero-order chi connectivity index (χ0) is 28.9. The first-order valence-electron chi connectivity index (χ1n) is 14.2. The third-order valence-corrected chi connectivity index (χ3v) is 7.26. The molecule has 6 atom stereocenters. The van der Waals surface area contributed by atoms with E-state index in [-0.39, 0.29) is 30.1 Å². The van der Waals surface area contributed by atoms with E-state index in [0.29, 0.717) is 19.4 Å². The minimum atomic E-state index is -0.977.